The van der Waals surface area contributed by atoms with Crippen LogP contribution >= 0.6 is 23.2 Å². The van der Waals surface area contributed by atoms with E-state index in [2.05, 4.69) is 0 Å². The summed E-state index contributed by atoms with van der Waals surface area (Å²) in [5, 5.41) is 0. The Kier molecular flexibility index (Phi) is 3.30. The Labute approximate surface area is 131 Å². The number of alkyl halides is 2. The van der Waals surface area contributed by atoms with Crippen molar-refractivity contribution in [2.45, 2.75) is 17.7 Å². The van der Waals surface area contributed by atoms with Crippen LogP contribution in [-0.4, -0.2) is 29.5 Å². The van der Waals surface area contributed by atoms with E-state index in [-0.39, 0.29) is 19.2 Å². The summed E-state index contributed by atoms with van der Waals surface area (Å²) in [6.07, 6.45) is 0.320. The van der Waals surface area contributed by atoms with Crippen LogP contribution in [0.25, 0.3) is 0 Å². The van der Waals surface area contributed by atoms with Crippen LogP contribution in [0.4, 0.5) is 0 Å². The summed E-state index contributed by atoms with van der Waals surface area (Å²) in [7, 11) is 0. The molecule has 21 heavy (non-hydrogen) atoms. The van der Waals surface area contributed by atoms with E-state index < -0.39 is 15.7 Å². The number of halogens is 2. The van der Waals surface area contributed by atoms with Crippen molar-refractivity contribution in [3.63, 3.8) is 0 Å². The maximum atomic E-state index is 12.0. The highest BCUT2D eigenvalue weighted by molar-refractivity contribution is 6.53. The van der Waals surface area contributed by atoms with E-state index in [4.69, 9.17) is 37.4 Å². The summed E-state index contributed by atoms with van der Waals surface area (Å²) < 4.78 is 14.3. The number of ketones is 1. The average molecular weight is 331 g/mol. The van der Waals surface area contributed by atoms with Crippen molar-refractivity contribution in [2.24, 2.45) is 5.41 Å². The van der Waals surface area contributed by atoms with Gasteiger partial charge in [0.25, 0.3) is 0 Å². The van der Waals surface area contributed by atoms with Crippen molar-refractivity contribution in [2.75, 3.05) is 13.4 Å². The van der Waals surface area contributed by atoms with Crippen molar-refractivity contribution >= 4 is 35.0 Å². The molecule has 0 amide bonds. The molecule has 1 fully saturated rings. The Morgan fingerprint density at radius 3 is 2.62 bits per heavy atom. The largest absolute Gasteiger partial charge is 0.457 e. The molecule has 1 aliphatic heterocycles. The molecule has 1 aromatic carbocycles. The first-order valence-electron chi connectivity index (χ1n) is 6.31. The van der Waals surface area contributed by atoms with E-state index in [1.54, 1.807) is 25.1 Å². The van der Waals surface area contributed by atoms with E-state index in [9.17, 15) is 9.59 Å². The fourth-order valence-electron chi connectivity index (χ4n) is 2.07. The monoisotopic (exact) mass is 330 g/mol. The minimum Gasteiger partial charge on any atom is -0.457 e. The first-order valence-corrected chi connectivity index (χ1v) is 7.07. The highest BCUT2D eigenvalue weighted by Crippen LogP contribution is 2.64. The molecule has 0 aromatic heterocycles. The molecule has 1 saturated carbocycles. The molecule has 3 rings (SSSR count). The van der Waals surface area contributed by atoms with Gasteiger partial charge in [0.15, 0.2) is 23.9 Å². The lowest BCUT2D eigenvalue weighted by Crippen LogP contribution is -2.24. The van der Waals surface area contributed by atoms with E-state index in [1.165, 1.54) is 0 Å². The molecular weight excluding hydrogens is 319 g/mol. The summed E-state index contributed by atoms with van der Waals surface area (Å²) in [5.41, 5.74) is -0.554. The number of carbonyl (C=O) groups is 2. The minimum absolute atomic E-state index is 0.133. The van der Waals surface area contributed by atoms with Crippen LogP contribution in [0.3, 0.4) is 0 Å². The number of hydrogen-bond acceptors (Lipinski definition) is 5. The smallest absolute Gasteiger partial charge is 0.315 e. The van der Waals surface area contributed by atoms with Crippen LogP contribution in [-0.2, 0) is 9.53 Å². The third-order valence-corrected chi connectivity index (χ3v) is 4.84. The van der Waals surface area contributed by atoms with Crippen LogP contribution in [0.5, 0.6) is 11.5 Å². The normalized spacial score (nSPS) is 24.5. The van der Waals surface area contributed by atoms with Gasteiger partial charge in [-0.05, 0) is 25.1 Å². The number of hydrogen-bond donors (Lipinski definition) is 0. The summed E-state index contributed by atoms with van der Waals surface area (Å²) in [5.74, 6) is 0.187. The number of ether oxygens (including phenoxy) is 3. The van der Waals surface area contributed by atoms with Crippen molar-refractivity contribution in [1.82, 2.24) is 0 Å². The van der Waals surface area contributed by atoms with E-state index in [1.807, 2.05) is 0 Å². The lowest BCUT2D eigenvalue weighted by molar-refractivity contribution is -0.148. The Morgan fingerprint density at radius 1 is 1.29 bits per heavy atom. The van der Waals surface area contributed by atoms with Crippen molar-refractivity contribution in [3.8, 4) is 11.5 Å². The van der Waals surface area contributed by atoms with Gasteiger partial charge in [-0.1, -0.05) is 0 Å². The van der Waals surface area contributed by atoms with Crippen LogP contribution in [0.2, 0.25) is 0 Å². The molecule has 0 unspecified atom stereocenters. The van der Waals surface area contributed by atoms with Crippen LogP contribution < -0.4 is 9.47 Å². The zero-order chi connectivity index (χ0) is 15.3. The van der Waals surface area contributed by atoms with Gasteiger partial charge in [0.1, 0.15) is 9.75 Å². The predicted molar refractivity (Wildman–Crippen MR) is 75.0 cm³/mol. The Balaban J connectivity index is 1.61. The quantitative estimate of drug-likeness (QED) is 0.482. The number of carbonyl (C=O) groups excluding carboxylic acids is 2. The topological polar surface area (TPSA) is 61.8 Å². The van der Waals surface area contributed by atoms with Gasteiger partial charge < -0.3 is 14.2 Å². The van der Waals surface area contributed by atoms with Gasteiger partial charge in [0, 0.05) is 12.0 Å². The average Bonchev–Trinajstić information content (AvgIpc) is 2.79. The Morgan fingerprint density at radius 2 is 1.95 bits per heavy atom. The Hall–Kier alpha value is -1.46. The van der Waals surface area contributed by atoms with Crippen molar-refractivity contribution < 1.29 is 23.8 Å². The second-order valence-electron chi connectivity index (χ2n) is 5.28. The SMILES string of the molecule is C[C@@]1(C(=O)OCC(=O)c2ccc3c(c2)OCO3)CC1(Cl)Cl. The van der Waals surface area contributed by atoms with Crippen LogP contribution in [0, 0.1) is 5.41 Å². The molecule has 0 N–H and O–H groups in total. The minimum atomic E-state index is -1.11. The number of rotatable bonds is 4. The molecule has 112 valence electrons. The fraction of sp³-hybridized carbons (Fsp3) is 0.429. The van der Waals surface area contributed by atoms with E-state index >= 15 is 0 Å². The third-order valence-electron chi connectivity index (χ3n) is 3.74. The van der Waals surface area contributed by atoms with Crippen molar-refractivity contribution in [1.29, 1.82) is 0 Å². The van der Waals surface area contributed by atoms with Gasteiger partial charge in [-0.25, -0.2) is 0 Å². The predicted octanol–water partition coefficient (Wildman–Crippen LogP) is 2.73. The second kappa shape index (κ2) is 4.78. The summed E-state index contributed by atoms with van der Waals surface area (Å²) in [6, 6.07) is 4.79. The summed E-state index contributed by atoms with van der Waals surface area (Å²) in [4.78, 5) is 23.9. The number of fused-ring (bicyclic) bond motifs is 1. The lowest BCUT2D eigenvalue weighted by atomic mass is 10.1. The number of benzene rings is 1. The molecule has 0 saturated heterocycles. The molecule has 1 atom stereocenters. The van der Waals surface area contributed by atoms with Crippen LogP contribution in [0.15, 0.2) is 18.2 Å². The maximum Gasteiger partial charge on any atom is 0.315 e. The first-order chi connectivity index (χ1) is 9.83. The molecule has 1 heterocycles. The van der Waals surface area contributed by atoms with E-state index in [0.29, 0.717) is 23.5 Å². The summed E-state index contributed by atoms with van der Waals surface area (Å²) in [6.45, 7) is 1.38. The summed E-state index contributed by atoms with van der Waals surface area (Å²) >= 11 is 11.8. The zero-order valence-corrected chi connectivity index (χ0v) is 12.7. The molecular formula is C14H12Cl2O5. The fourth-order valence-corrected chi connectivity index (χ4v) is 2.75. The molecule has 2 aliphatic rings. The van der Waals surface area contributed by atoms with Gasteiger partial charge in [-0.15, -0.1) is 23.2 Å². The van der Waals surface area contributed by atoms with Gasteiger partial charge >= 0.3 is 5.97 Å². The molecule has 5 nitrogen and oxygen atoms in total. The Bertz CT molecular complexity index is 628. The highest BCUT2D eigenvalue weighted by atomic mass is 35.5. The van der Waals surface area contributed by atoms with Gasteiger partial charge in [-0.3, -0.25) is 9.59 Å². The third kappa shape index (κ3) is 2.45. The molecule has 7 heteroatoms. The van der Waals surface area contributed by atoms with E-state index in [0.717, 1.165) is 0 Å². The standard InChI is InChI=1S/C14H12Cl2O5/c1-13(6-14(13,15)16)12(18)19-5-9(17)8-2-3-10-11(4-8)21-7-20-10/h2-4H,5-7H2,1H3/t13-/m0/s1. The van der Waals surface area contributed by atoms with Gasteiger partial charge in [0.05, 0.1) is 0 Å². The number of esters is 1. The number of Topliss-reactive ketones (excluding diaryl/α,β-unsaturated/α-hetero) is 1. The van der Waals surface area contributed by atoms with Gasteiger partial charge in [0.2, 0.25) is 6.79 Å². The van der Waals surface area contributed by atoms with Gasteiger partial charge in [-0.2, -0.15) is 0 Å². The van der Waals surface area contributed by atoms with Crippen LogP contribution in [0.1, 0.15) is 23.7 Å². The first kappa shape index (κ1) is 14.5. The molecule has 1 aliphatic carbocycles. The highest BCUT2D eigenvalue weighted by Gasteiger charge is 2.69. The van der Waals surface area contributed by atoms with Crippen molar-refractivity contribution in [3.05, 3.63) is 23.8 Å². The maximum absolute atomic E-state index is 12.0. The second-order valence-corrected chi connectivity index (χ2v) is 6.76. The molecule has 0 radical (unpaired) electrons. The molecule has 0 spiro atoms. The molecule has 1 aromatic rings. The lowest BCUT2D eigenvalue weighted by Gasteiger charge is -2.11. The molecule has 0 bridgehead atoms. The zero-order valence-electron chi connectivity index (χ0n) is 11.2.